The number of fused-ring (bicyclic) bond motifs is 3. The lowest BCUT2D eigenvalue weighted by Crippen LogP contribution is -2.86. The topological polar surface area (TPSA) is 9.23 Å². The zero-order valence-corrected chi connectivity index (χ0v) is 41.9. The molecule has 18 atom stereocenters. The molecule has 2 spiro atoms. The maximum absolute atomic E-state index is 23.5. The Morgan fingerprint density at radius 1 is 0.253 bits per heavy atom. The van der Waals surface area contributed by atoms with Crippen LogP contribution in [0.3, 0.4) is 0 Å². The smallest absolute Gasteiger partial charge is 0.236 e. The molecule has 17 heteroatoms. The molecule has 15 aromatic carbocycles. The van der Waals surface area contributed by atoms with Gasteiger partial charge in [0.25, 0.3) is 0 Å². The molecule has 0 N–H and O–H groups in total. The Bertz CT molecular complexity index is 7200. The molecule has 0 radical (unpaired) electrons. The van der Waals surface area contributed by atoms with Gasteiger partial charge in [0.15, 0.2) is 5.60 Å². The van der Waals surface area contributed by atoms with E-state index in [0.717, 1.165) is 0 Å². The Labute approximate surface area is 463 Å². The van der Waals surface area contributed by atoms with Crippen molar-refractivity contribution in [1.82, 2.24) is 0 Å². The number of alkyl halides is 16. The zero-order chi connectivity index (χ0) is 56.5. The van der Waals surface area contributed by atoms with Crippen LogP contribution in [-0.4, -0.2) is 17.0 Å². The maximum atomic E-state index is 23.5. The molecule has 19 aliphatic carbocycles. The van der Waals surface area contributed by atoms with Crippen LogP contribution in [0.2, 0.25) is 0 Å². The number of rotatable bonds is 0. The van der Waals surface area contributed by atoms with Crippen molar-refractivity contribution in [2.45, 2.75) is 102 Å². The van der Waals surface area contributed by atoms with Crippen LogP contribution in [0, 0.1) is 0 Å². The average molecular weight is 1170 g/mol. The molecule has 0 fully saturated rings. The van der Waals surface area contributed by atoms with Crippen molar-refractivity contribution >= 4 is 135 Å². The van der Waals surface area contributed by atoms with E-state index in [4.69, 9.17) is 4.74 Å². The fourth-order valence-electron chi connectivity index (χ4n) is 30.6. The molecule has 1 nitrogen and oxygen atoms in total. The van der Waals surface area contributed by atoms with Gasteiger partial charge in [-0.2, -0.15) is 0 Å². The fraction of sp³-hybridized carbons (Fsp3) is 0.257. The Morgan fingerprint density at radius 3 is 1.17 bits per heavy atom. The van der Waals surface area contributed by atoms with Crippen LogP contribution in [0.4, 0.5) is 70.2 Å². The van der Waals surface area contributed by atoms with E-state index in [9.17, 15) is 0 Å². The molecule has 1 aliphatic heterocycles. The predicted octanol–water partition coefficient (Wildman–Crippen LogP) is 16.6. The van der Waals surface area contributed by atoms with Gasteiger partial charge in [0, 0.05) is 106 Å². The van der Waals surface area contributed by atoms with Gasteiger partial charge in [-0.3, -0.25) is 0 Å². The van der Waals surface area contributed by atoms with Gasteiger partial charge in [-0.05, 0) is 146 Å². The number of benzene rings is 12. The van der Waals surface area contributed by atoms with Gasteiger partial charge in [0.05, 0.1) is 0 Å². The molecular formula is C70H6F16O. The summed E-state index contributed by atoms with van der Waals surface area (Å²) >= 11 is 0. The van der Waals surface area contributed by atoms with Gasteiger partial charge in [-0.15, -0.1) is 0 Å². The molecule has 18 unspecified atom stereocenters. The summed E-state index contributed by atoms with van der Waals surface area (Å²) < 4.78 is 364. The van der Waals surface area contributed by atoms with Crippen LogP contribution in [0.1, 0.15) is 106 Å². The van der Waals surface area contributed by atoms with E-state index >= 15 is 70.2 Å². The quantitative estimate of drug-likeness (QED) is 0.109. The summed E-state index contributed by atoms with van der Waals surface area (Å²) in [6.07, 6.45) is 0. The molecule has 0 aromatic heterocycles. The molecular weight excluding hydrogens is 1160 g/mol. The highest BCUT2D eigenvalue weighted by molar-refractivity contribution is 6.67. The first-order chi connectivity index (χ1) is 41.4. The van der Waals surface area contributed by atoms with Gasteiger partial charge in [0.2, 0.25) is 90.7 Å². The lowest BCUT2D eigenvalue weighted by Gasteiger charge is -2.69. The molecule has 0 saturated heterocycles. The average Bonchev–Trinajstić information content (AvgIpc) is 1.35. The van der Waals surface area contributed by atoms with E-state index in [1.54, 1.807) is 12.1 Å². The first kappa shape index (κ1) is 38.3. The van der Waals surface area contributed by atoms with Crippen LogP contribution in [0.15, 0.2) is 42.0 Å². The number of hydrogen-bond acceptors (Lipinski definition) is 1. The largest absolute Gasteiger partial charge is 0.476 e. The summed E-state index contributed by atoms with van der Waals surface area (Å²) in [5, 5.41) is -3.75. The number of ether oxygens (including phenoxy) is 1. The van der Waals surface area contributed by atoms with E-state index in [-0.39, 0.29) is 108 Å². The molecule has 20 aliphatic rings. The van der Waals surface area contributed by atoms with Crippen molar-refractivity contribution in [3.8, 4) is 5.75 Å². The SMILES string of the molecule is FC12C3=C4c5c1c1c6c7c8c9c%10c%11c%12c%13c%14c%15c%16c%17c%18c%19c%20c(c%21c5c6c5c%21c6c%20c%17c%14c6c6c%13c%10c7c56)C45Oc4ccc6ccccc6c4C%195C4(F)C3(F)c3c5c6c7c%10c3C4(F)C%18(F)C%16(F)C%10(F)C(F)(C%15%12F)C7(F)C%11(F)C9(F)C6(F)C(F)(C18F)C52F. The monoisotopic (exact) mass is 1170 g/mol. The second kappa shape index (κ2) is 7.69. The van der Waals surface area contributed by atoms with Crippen molar-refractivity contribution in [1.29, 1.82) is 0 Å². The molecule has 87 heavy (non-hydrogen) atoms. The van der Waals surface area contributed by atoms with Gasteiger partial charge >= 0.3 is 0 Å². The van der Waals surface area contributed by atoms with Crippen molar-refractivity contribution in [3.63, 3.8) is 0 Å². The summed E-state index contributed by atoms with van der Waals surface area (Å²) in [5.74, 6) is -0.382. The third-order valence-corrected chi connectivity index (χ3v) is 30.9. The van der Waals surface area contributed by atoms with Crippen molar-refractivity contribution < 1.29 is 75.0 Å². The molecule has 0 bridgehead atoms. The van der Waals surface area contributed by atoms with Crippen LogP contribution in [0.25, 0.3) is 135 Å². The van der Waals surface area contributed by atoms with E-state index < -0.39 is 245 Å². The predicted molar refractivity (Wildman–Crippen MR) is 275 cm³/mol. The highest BCUT2D eigenvalue weighted by Gasteiger charge is 3.17. The normalized spacial score (nSPS) is 50.9. The van der Waals surface area contributed by atoms with E-state index in [2.05, 4.69) is 0 Å². The zero-order valence-electron chi connectivity index (χ0n) is 41.9. The van der Waals surface area contributed by atoms with Gasteiger partial charge in [-0.1, -0.05) is 30.3 Å². The standard InChI is InChI=1S/C70H6F16O/c71-54-36-25-19-13-11-10-12-14-15(13)24-23(19)30-40(36)56(73)52-45(30)58-34(24)29-20(14)22-18(12)28-27-16(10)21-17(11)26(25)37(54)43-32(21)44-39(27)55(72)38(28)42-31(22)41-35(29)53(58,33-8-4-2-1-3-7(8)5-6-9(33)87-58)68(84)57(52,74)46-47-49-51-50-48(46)64(68,80)60(41,76)61(42,77)66(50,82)70(55,86)67(51,83)63(44,79)62(43,78)65(49,81)69(54,85)59(47,56)75/h1-6H. The molecule has 35 rings (SSSR count). The second-order valence-electron chi connectivity index (χ2n) is 30.5. The van der Waals surface area contributed by atoms with E-state index in [1.165, 1.54) is 24.3 Å². The van der Waals surface area contributed by atoms with Crippen molar-refractivity contribution in [2.24, 2.45) is 0 Å². The van der Waals surface area contributed by atoms with Crippen LogP contribution in [0.5, 0.6) is 5.75 Å². The summed E-state index contributed by atoms with van der Waals surface area (Å²) in [6, 6.07) is 8.90. The van der Waals surface area contributed by atoms with Gasteiger partial charge < -0.3 is 4.74 Å². The minimum absolute atomic E-state index is 0.0276. The molecule has 1 heterocycles. The van der Waals surface area contributed by atoms with Gasteiger partial charge in [-0.25, -0.2) is 70.2 Å². The third-order valence-electron chi connectivity index (χ3n) is 30.9. The third kappa shape index (κ3) is 1.71. The highest BCUT2D eigenvalue weighted by Crippen LogP contribution is 3.07. The minimum atomic E-state index is -5.96. The van der Waals surface area contributed by atoms with Gasteiger partial charge in [0.1, 0.15) is 11.2 Å². The summed E-state index contributed by atoms with van der Waals surface area (Å²) in [7, 11) is 0. The highest BCUT2D eigenvalue weighted by atomic mass is 19.2. The Hall–Kier alpha value is -8.08. The van der Waals surface area contributed by atoms with E-state index in [0.29, 0.717) is 0 Å². The summed E-state index contributed by atoms with van der Waals surface area (Å²) in [5.41, 5.74) is -126. The lowest BCUT2D eigenvalue weighted by molar-refractivity contribution is -0.378. The van der Waals surface area contributed by atoms with Crippen LogP contribution >= 0.6 is 0 Å². The molecule has 0 saturated carbocycles. The molecule has 404 valence electrons. The Kier molecular flexibility index (Phi) is 3.38. The Balaban J connectivity index is 1.08. The maximum Gasteiger partial charge on any atom is 0.236 e. The van der Waals surface area contributed by atoms with E-state index in [1.807, 2.05) is 0 Å². The first-order valence-corrected chi connectivity index (χ1v) is 29.4. The number of hydrogen-bond donors (Lipinski definition) is 0. The summed E-state index contributed by atoms with van der Waals surface area (Å²) in [4.78, 5) is 0. The molecule has 0 amide bonds. The number of allylic oxidation sites excluding steroid dienone is 1. The van der Waals surface area contributed by atoms with Crippen molar-refractivity contribution in [2.75, 3.05) is 0 Å². The number of halogens is 16. The Morgan fingerprint density at radius 2 is 0.644 bits per heavy atom. The lowest BCUT2D eigenvalue weighted by atomic mass is 9.36. The second-order valence-corrected chi connectivity index (χ2v) is 30.5. The first-order valence-electron chi connectivity index (χ1n) is 29.4. The van der Waals surface area contributed by atoms with Crippen LogP contribution < -0.4 is 4.74 Å². The fourth-order valence-corrected chi connectivity index (χ4v) is 30.6. The van der Waals surface area contributed by atoms with Crippen molar-refractivity contribution in [3.05, 3.63) is 148 Å². The van der Waals surface area contributed by atoms with Crippen LogP contribution in [-0.2, 0) is 84.7 Å². The molecule has 15 aromatic rings. The minimum Gasteiger partial charge on any atom is -0.476 e. The summed E-state index contributed by atoms with van der Waals surface area (Å²) in [6.45, 7) is 0.